The number of anilines is 1. The third kappa shape index (κ3) is 5.13. The summed E-state index contributed by atoms with van der Waals surface area (Å²) in [7, 11) is 0. The Labute approximate surface area is 130 Å². The predicted octanol–water partition coefficient (Wildman–Crippen LogP) is 3.18. The Morgan fingerprint density at radius 3 is 2.48 bits per heavy atom. The zero-order valence-corrected chi connectivity index (χ0v) is 13.3. The lowest BCUT2D eigenvalue weighted by molar-refractivity contribution is -0.117. The van der Waals surface area contributed by atoms with E-state index in [1.807, 2.05) is 26.8 Å². The van der Waals surface area contributed by atoms with Gasteiger partial charge in [-0.05, 0) is 38.3 Å². The Morgan fingerprint density at radius 2 is 1.95 bits per heavy atom. The van der Waals surface area contributed by atoms with Gasteiger partial charge in [-0.1, -0.05) is 17.7 Å². The SMILES string of the molecule is Cc1cc(C)c(N/C=C(/C#N)C(=O)NCCCCl)c(C)c1. The second-order valence-corrected chi connectivity index (χ2v) is 5.26. The first-order chi connectivity index (χ1) is 9.99. The number of nitrogens with one attached hydrogen (secondary N) is 2. The molecule has 0 aliphatic heterocycles. The Kier molecular flexibility index (Phi) is 6.77. The summed E-state index contributed by atoms with van der Waals surface area (Å²) in [5.74, 6) is 0.0869. The molecule has 0 aliphatic carbocycles. The van der Waals surface area contributed by atoms with Crippen molar-refractivity contribution in [3.05, 3.63) is 40.6 Å². The number of halogens is 1. The van der Waals surface area contributed by atoms with Crippen LogP contribution in [0.25, 0.3) is 0 Å². The van der Waals surface area contributed by atoms with Gasteiger partial charge in [0.2, 0.25) is 0 Å². The summed E-state index contributed by atoms with van der Waals surface area (Å²) in [5.41, 5.74) is 4.29. The number of nitriles is 1. The van der Waals surface area contributed by atoms with Crippen molar-refractivity contribution in [2.24, 2.45) is 0 Å². The molecule has 0 bridgehead atoms. The lowest BCUT2D eigenvalue weighted by atomic mass is 10.1. The summed E-state index contributed by atoms with van der Waals surface area (Å²) in [6.45, 7) is 6.47. The van der Waals surface area contributed by atoms with Crippen LogP contribution in [0.2, 0.25) is 0 Å². The average molecular weight is 306 g/mol. The third-order valence-corrected chi connectivity index (χ3v) is 3.27. The van der Waals surface area contributed by atoms with E-state index in [1.54, 1.807) is 0 Å². The van der Waals surface area contributed by atoms with Crippen LogP contribution in [0.4, 0.5) is 5.69 Å². The van der Waals surface area contributed by atoms with Gasteiger partial charge in [-0.3, -0.25) is 4.79 Å². The van der Waals surface area contributed by atoms with E-state index in [-0.39, 0.29) is 5.57 Å². The first kappa shape index (κ1) is 17.1. The summed E-state index contributed by atoms with van der Waals surface area (Å²) >= 11 is 5.54. The molecular weight excluding hydrogens is 286 g/mol. The van der Waals surface area contributed by atoms with Crippen LogP contribution in [0.3, 0.4) is 0 Å². The fraction of sp³-hybridized carbons (Fsp3) is 0.375. The maximum absolute atomic E-state index is 11.8. The number of carbonyl (C=O) groups excluding carboxylic acids is 1. The molecule has 0 radical (unpaired) electrons. The van der Waals surface area contributed by atoms with Crippen molar-refractivity contribution < 1.29 is 4.79 Å². The lowest BCUT2D eigenvalue weighted by Crippen LogP contribution is -2.26. The first-order valence-electron chi connectivity index (χ1n) is 6.78. The molecule has 1 aromatic rings. The van der Waals surface area contributed by atoms with Crippen LogP contribution in [-0.4, -0.2) is 18.3 Å². The van der Waals surface area contributed by atoms with Crippen LogP contribution in [0.1, 0.15) is 23.1 Å². The van der Waals surface area contributed by atoms with E-state index < -0.39 is 5.91 Å². The zero-order valence-electron chi connectivity index (χ0n) is 12.6. The Morgan fingerprint density at radius 1 is 1.33 bits per heavy atom. The smallest absolute Gasteiger partial charge is 0.263 e. The molecular formula is C16H20ClN3O. The number of aryl methyl sites for hydroxylation is 3. The number of hydrogen-bond donors (Lipinski definition) is 2. The Hall–Kier alpha value is -1.99. The van der Waals surface area contributed by atoms with E-state index in [2.05, 4.69) is 22.8 Å². The molecule has 0 fully saturated rings. The molecule has 0 aromatic heterocycles. The molecule has 1 aromatic carbocycles. The molecule has 21 heavy (non-hydrogen) atoms. The molecule has 1 rings (SSSR count). The van der Waals surface area contributed by atoms with Crippen molar-refractivity contribution >= 4 is 23.2 Å². The maximum atomic E-state index is 11.8. The number of hydrogen-bond acceptors (Lipinski definition) is 3. The lowest BCUT2D eigenvalue weighted by Gasteiger charge is -2.11. The highest BCUT2D eigenvalue weighted by Gasteiger charge is 2.09. The summed E-state index contributed by atoms with van der Waals surface area (Å²) in [6.07, 6.45) is 2.12. The Balaban J connectivity index is 2.82. The van der Waals surface area contributed by atoms with Gasteiger partial charge in [0.15, 0.2) is 0 Å². The van der Waals surface area contributed by atoms with Gasteiger partial charge in [0.25, 0.3) is 5.91 Å². The molecule has 1 amide bonds. The van der Waals surface area contributed by atoms with Crippen LogP contribution < -0.4 is 10.6 Å². The van der Waals surface area contributed by atoms with E-state index in [4.69, 9.17) is 16.9 Å². The molecule has 5 heteroatoms. The normalized spacial score (nSPS) is 10.9. The molecule has 0 atom stereocenters. The highest BCUT2D eigenvalue weighted by atomic mass is 35.5. The number of nitrogens with zero attached hydrogens (tertiary/aromatic N) is 1. The summed E-state index contributed by atoms with van der Waals surface area (Å²) < 4.78 is 0. The third-order valence-electron chi connectivity index (χ3n) is 3.00. The van der Waals surface area contributed by atoms with Crippen LogP contribution >= 0.6 is 11.6 Å². The van der Waals surface area contributed by atoms with E-state index in [0.29, 0.717) is 18.8 Å². The van der Waals surface area contributed by atoms with Gasteiger partial charge in [0, 0.05) is 24.3 Å². The standard InChI is InChI=1S/C16H20ClN3O/c1-11-7-12(2)15(13(3)8-11)20-10-14(9-18)16(21)19-6-4-5-17/h7-8,10,20H,4-6H2,1-3H3,(H,19,21)/b14-10-. The number of alkyl halides is 1. The van der Waals surface area contributed by atoms with E-state index in [0.717, 1.165) is 16.8 Å². The largest absolute Gasteiger partial charge is 0.360 e. The topological polar surface area (TPSA) is 64.9 Å². The second kappa shape index (κ2) is 8.33. The van der Waals surface area contributed by atoms with Crippen LogP contribution in [0.15, 0.2) is 23.9 Å². The van der Waals surface area contributed by atoms with Crippen molar-refractivity contribution in [3.8, 4) is 6.07 Å². The first-order valence-corrected chi connectivity index (χ1v) is 7.32. The van der Waals surface area contributed by atoms with Gasteiger partial charge < -0.3 is 10.6 Å². The molecule has 0 spiro atoms. The number of rotatable bonds is 6. The molecule has 0 saturated heterocycles. The van der Waals surface area contributed by atoms with E-state index >= 15 is 0 Å². The highest BCUT2D eigenvalue weighted by molar-refractivity contribution is 6.17. The van der Waals surface area contributed by atoms with Gasteiger partial charge in [-0.2, -0.15) is 5.26 Å². The van der Waals surface area contributed by atoms with Gasteiger partial charge in [0.1, 0.15) is 11.6 Å². The predicted molar refractivity (Wildman–Crippen MR) is 86.3 cm³/mol. The van der Waals surface area contributed by atoms with Crippen LogP contribution in [-0.2, 0) is 4.79 Å². The van der Waals surface area contributed by atoms with Crippen LogP contribution in [0, 0.1) is 32.1 Å². The van der Waals surface area contributed by atoms with Crippen molar-refractivity contribution in [1.29, 1.82) is 5.26 Å². The minimum Gasteiger partial charge on any atom is -0.360 e. The Bertz CT molecular complexity index is 565. The molecule has 0 saturated carbocycles. The molecule has 4 nitrogen and oxygen atoms in total. The molecule has 2 N–H and O–H groups in total. The monoisotopic (exact) mass is 305 g/mol. The van der Waals surface area contributed by atoms with Crippen molar-refractivity contribution in [2.45, 2.75) is 27.2 Å². The maximum Gasteiger partial charge on any atom is 0.263 e. The van der Waals surface area contributed by atoms with Crippen molar-refractivity contribution in [1.82, 2.24) is 5.32 Å². The number of benzene rings is 1. The molecule has 112 valence electrons. The van der Waals surface area contributed by atoms with Crippen LogP contribution in [0.5, 0.6) is 0 Å². The minimum absolute atomic E-state index is 0.0453. The van der Waals surface area contributed by atoms with Gasteiger partial charge in [-0.25, -0.2) is 0 Å². The van der Waals surface area contributed by atoms with E-state index in [9.17, 15) is 4.79 Å². The summed E-state index contributed by atoms with van der Waals surface area (Å²) in [4.78, 5) is 11.8. The van der Waals surface area contributed by atoms with Crippen molar-refractivity contribution in [2.75, 3.05) is 17.7 Å². The molecule has 0 aliphatic rings. The number of amides is 1. The zero-order chi connectivity index (χ0) is 15.8. The molecule has 0 heterocycles. The van der Waals surface area contributed by atoms with E-state index in [1.165, 1.54) is 11.8 Å². The minimum atomic E-state index is -0.391. The van der Waals surface area contributed by atoms with Gasteiger partial charge in [-0.15, -0.1) is 11.6 Å². The highest BCUT2D eigenvalue weighted by Crippen LogP contribution is 2.22. The molecule has 0 unspecified atom stereocenters. The fourth-order valence-corrected chi connectivity index (χ4v) is 2.20. The van der Waals surface area contributed by atoms with Gasteiger partial charge >= 0.3 is 0 Å². The second-order valence-electron chi connectivity index (χ2n) is 4.89. The summed E-state index contributed by atoms with van der Waals surface area (Å²) in [6, 6.07) is 6.01. The quantitative estimate of drug-likeness (QED) is 0.367. The summed E-state index contributed by atoms with van der Waals surface area (Å²) in [5, 5.41) is 14.8. The van der Waals surface area contributed by atoms with Crippen molar-refractivity contribution in [3.63, 3.8) is 0 Å². The average Bonchev–Trinajstić information content (AvgIpc) is 2.42. The fourth-order valence-electron chi connectivity index (χ4n) is 2.06. The van der Waals surface area contributed by atoms with Gasteiger partial charge in [0.05, 0.1) is 0 Å². The number of carbonyl (C=O) groups is 1.